The van der Waals surface area contributed by atoms with Crippen LogP contribution in [0.2, 0.25) is 0 Å². The molecule has 1 aromatic carbocycles. The van der Waals surface area contributed by atoms with E-state index in [1.54, 1.807) is 29.7 Å². The number of aromatic nitrogens is 1. The van der Waals surface area contributed by atoms with Gasteiger partial charge in [-0.2, -0.15) is 0 Å². The monoisotopic (exact) mass is 301 g/mol. The van der Waals surface area contributed by atoms with Crippen molar-refractivity contribution in [2.24, 2.45) is 0 Å². The van der Waals surface area contributed by atoms with E-state index >= 15 is 0 Å². The molecule has 1 atom stereocenters. The minimum atomic E-state index is -0.167. The van der Waals surface area contributed by atoms with E-state index in [4.69, 9.17) is 0 Å². The molecule has 0 spiro atoms. The molecule has 1 aromatic heterocycles. The Kier molecular flexibility index (Phi) is 3.47. The van der Waals surface area contributed by atoms with E-state index in [2.05, 4.69) is 15.6 Å². The summed E-state index contributed by atoms with van der Waals surface area (Å²) < 4.78 is 0. The van der Waals surface area contributed by atoms with Gasteiger partial charge in [-0.15, -0.1) is 11.3 Å². The Hall–Kier alpha value is -2.21. The van der Waals surface area contributed by atoms with Crippen LogP contribution in [0.3, 0.4) is 0 Å². The standard InChI is InChI=1S/C15H15N3O2S/c1-8-7-16-15(21-8)9(2)17-14(20)11-4-3-10-6-13(19)18-12(10)5-11/h3-5,7,9H,6H2,1-2H3,(H,17,20)(H,18,19). The molecule has 21 heavy (non-hydrogen) atoms. The lowest BCUT2D eigenvalue weighted by Gasteiger charge is -2.12. The predicted octanol–water partition coefficient (Wildman–Crippen LogP) is 2.44. The molecule has 108 valence electrons. The zero-order valence-electron chi connectivity index (χ0n) is 11.8. The Labute approximate surface area is 126 Å². The van der Waals surface area contributed by atoms with E-state index in [9.17, 15) is 9.59 Å². The molecule has 1 aliphatic heterocycles. The summed E-state index contributed by atoms with van der Waals surface area (Å²) >= 11 is 1.57. The molecule has 2 heterocycles. The second-order valence-electron chi connectivity index (χ2n) is 5.10. The molecule has 0 saturated carbocycles. The topological polar surface area (TPSA) is 71.1 Å². The zero-order chi connectivity index (χ0) is 15.0. The Balaban J connectivity index is 1.74. The molecule has 6 heteroatoms. The fraction of sp³-hybridized carbons (Fsp3) is 0.267. The molecular weight excluding hydrogens is 286 g/mol. The first kappa shape index (κ1) is 13.8. The average molecular weight is 301 g/mol. The number of hydrogen-bond donors (Lipinski definition) is 2. The molecule has 3 rings (SSSR count). The Morgan fingerprint density at radius 2 is 2.29 bits per heavy atom. The number of thiazole rings is 1. The van der Waals surface area contributed by atoms with Gasteiger partial charge in [0.05, 0.1) is 12.5 Å². The van der Waals surface area contributed by atoms with Crippen molar-refractivity contribution in [3.63, 3.8) is 0 Å². The third-order valence-corrected chi connectivity index (χ3v) is 4.45. The van der Waals surface area contributed by atoms with Gasteiger partial charge in [0.2, 0.25) is 5.91 Å². The summed E-state index contributed by atoms with van der Waals surface area (Å²) in [6, 6.07) is 5.14. The number of carbonyl (C=O) groups is 2. The summed E-state index contributed by atoms with van der Waals surface area (Å²) in [4.78, 5) is 29.0. The second kappa shape index (κ2) is 5.29. The number of nitrogens with one attached hydrogen (secondary N) is 2. The van der Waals surface area contributed by atoms with Crippen LogP contribution in [0.5, 0.6) is 0 Å². The van der Waals surface area contributed by atoms with Crippen molar-refractivity contribution in [2.45, 2.75) is 26.3 Å². The van der Waals surface area contributed by atoms with Gasteiger partial charge >= 0.3 is 0 Å². The molecule has 1 aliphatic rings. The summed E-state index contributed by atoms with van der Waals surface area (Å²) in [6.07, 6.45) is 2.18. The smallest absolute Gasteiger partial charge is 0.251 e. The predicted molar refractivity (Wildman–Crippen MR) is 81.5 cm³/mol. The van der Waals surface area contributed by atoms with Crippen LogP contribution in [0, 0.1) is 6.92 Å². The highest BCUT2D eigenvalue weighted by Gasteiger charge is 2.20. The van der Waals surface area contributed by atoms with Crippen molar-refractivity contribution >= 4 is 28.8 Å². The van der Waals surface area contributed by atoms with Crippen LogP contribution in [-0.4, -0.2) is 16.8 Å². The van der Waals surface area contributed by atoms with Gasteiger partial charge in [-0.1, -0.05) is 6.07 Å². The van der Waals surface area contributed by atoms with Gasteiger partial charge in [0, 0.05) is 22.3 Å². The van der Waals surface area contributed by atoms with Crippen molar-refractivity contribution in [2.75, 3.05) is 5.32 Å². The largest absolute Gasteiger partial charge is 0.343 e. The molecule has 0 saturated heterocycles. The van der Waals surface area contributed by atoms with E-state index < -0.39 is 0 Å². The maximum Gasteiger partial charge on any atom is 0.251 e. The van der Waals surface area contributed by atoms with E-state index in [1.165, 1.54) is 0 Å². The lowest BCUT2D eigenvalue weighted by molar-refractivity contribution is -0.115. The SMILES string of the molecule is Cc1cnc(C(C)NC(=O)c2ccc3c(c2)NC(=O)C3)s1. The van der Waals surface area contributed by atoms with Crippen LogP contribution in [0.4, 0.5) is 5.69 Å². The second-order valence-corrected chi connectivity index (χ2v) is 6.37. The number of benzene rings is 1. The number of hydrogen-bond acceptors (Lipinski definition) is 4. The van der Waals surface area contributed by atoms with E-state index in [1.807, 2.05) is 19.9 Å². The van der Waals surface area contributed by atoms with Crippen molar-refractivity contribution in [1.29, 1.82) is 0 Å². The summed E-state index contributed by atoms with van der Waals surface area (Å²) in [6.45, 7) is 3.89. The lowest BCUT2D eigenvalue weighted by atomic mass is 10.1. The maximum absolute atomic E-state index is 12.3. The van der Waals surface area contributed by atoms with E-state index in [-0.39, 0.29) is 17.9 Å². The van der Waals surface area contributed by atoms with Crippen molar-refractivity contribution in [3.05, 3.63) is 45.4 Å². The van der Waals surface area contributed by atoms with Gasteiger partial charge in [-0.3, -0.25) is 9.59 Å². The van der Waals surface area contributed by atoms with Crippen LogP contribution in [0.25, 0.3) is 0 Å². The van der Waals surface area contributed by atoms with Crippen LogP contribution in [0.15, 0.2) is 24.4 Å². The first-order valence-electron chi connectivity index (χ1n) is 6.69. The molecule has 0 radical (unpaired) electrons. The number of fused-ring (bicyclic) bond motifs is 1. The highest BCUT2D eigenvalue weighted by Crippen LogP contribution is 2.25. The molecule has 0 bridgehead atoms. The molecule has 2 N–H and O–H groups in total. The van der Waals surface area contributed by atoms with Gasteiger partial charge in [0.1, 0.15) is 5.01 Å². The van der Waals surface area contributed by atoms with E-state index in [0.717, 1.165) is 21.1 Å². The quantitative estimate of drug-likeness (QED) is 0.914. The van der Waals surface area contributed by atoms with Gasteiger partial charge < -0.3 is 10.6 Å². The number of anilines is 1. The van der Waals surface area contributed by atoms with Gasteiger partial charge in [-0.05, 0) is 31.5 Å². The third kappa shape index (κ3) is 2.80. The molecular formula is C15H15N3O2S. The van der Waals surface area contributed by atoms with E-state index in [0.29, 0.717) is 12.0 Å². The van der Waals surface area contributed by atoms with Crippen LogP contribution in [0.1, 0.15) is 38.8 Å². The fourth-order valence-electron chi connectivity index (χ4n) is 2.27. The Bertz CT molecular complexity index is 723. The first-order chi connectivity index (χ1) is 10.0. The van der Waals surface area contributed by atoms with Gasteiger partial charge in [-0.25, -0.2) is 4.98 Å². The summed E-state index contributed by atoms with van der Waals surface area (Å²) in [5.74, 6) is -0.200. The highest BCUT2D eigenvalue weighted by atomic mass is 32.1. The number of carbonyl (C=O) groups excluding carboxylic acids is 2. The van der Waals surface area contributed by atoms with Gasteiger partial charge in [0.15, 0.2) is 0 Å². The molecule has 5 nitrogen and oxygen atoms in total. The Morgan fingerprint density at radius 1 is 1.48 bits per heavy atom. The molecule has 1 unspecified atom stereocenters. The molecule has 0 fully saturated rings. The third-order valence-electron chi connectivity index (χ3n) is 3.35. The van der Waals surface area contributed by atoms with Crippen LogP contribution >= 0.6 is 11.3 Å². The zero-order valence-corrected chi connectivity index (χ0v) is 12.6. The summed E-state index contributed by atoms with van der Waals surface area (Å²) in [5, 5.41) is 6.56. The molecule has 2 amide bonds. The number of aryl methyl sites for hydroxylation is 1. The molecule has 0 aliphatic carbocycles. The van der Waals surface area contributed by atoms with Crippen LogP contribution in [-0.2, 0) is 11.2 Å². The van der Waals surface area contributed by atoms with Crippen molar-refractivity contribution < 1.29 is 9.59 Å². The summed E-state index contributed by atoms with van der Waals surface area (Å²) in [7, 11) is 0. The number of nitrogens with zero attached hydrogens (tertiary/aromatic N) is 1. The highest BCUT2D eigenvalue weighted by molar-refractivity contribution is 7.11. The number of rotatable bonds is 3. The minimum absolute atomic E-state index is 0.0332. The minimum Gasteiger partial charge on any atom is -0.343 e. The van der Waals surface area contributed by atoms with Crippen LogP contribution < -0.4 is 10.6 Å². The van der Waals surface area contributed by atoms with Crippen molar-refractivity contribution in [1.82, 2.24) is 10.3 Å². The maximum atomic E-state index is 12.3. The first-order valence-corrected chi connectivity index (χ1v) is 7.50. The lowest BCUT2D eigenvalue weighted by Crippen LogP contribution is -2.26. The molecule has 2 aromatic rings. The normalized spacial score (nSPS) is 14.5. The Morgan fingerprint density at radius 3 is 3.00 bits per heavy atom. The summed E-state index contributed by atoms with van der Waals surface area (Å²) in [5.41, 5.74) is 2.20. The van der Waals surface area contributed by atoms with Crippen molar-refractivity contribution in [3.8, 4) is 0 Å². The fourth-order valence-corrected chi connectivity index (χ4v) is 3.05. The van der Waals surface area contributed by atoms with Gasteiger partial charge in [0.25, 0.3) is 5.91 Å². The average Bonchev–Trinajstić information content (AvgIpc) is 3.02. The number of amides is 2.